The largest absolute Gasteiger partial charge is 0.460 e. The lowest BCUT2D eigenvalue weighted by Gasteiger charge is -2.45. The highest BCUT2D eigenvalue weighted by Gasteiger charge is 2.59. The predicted octanol–water partition coefficient (Wildman–Crippen LogP) is 1.29. The smallest absolute Gasteiger partial charge is 0.302 e. The highest BCUT2D eigenvalue weighted by molar-refractivity contribution is 5.75. The average Bonchev–Trinajstić information content (AvgIpc) is 3.08. The quantitative estimate of drug-likeness (QED) is 0.356. The Morgan fingerprint density at radius 3 is 2.60 bits per heavy atom. The molecule has 2 bridgehead atoms. The molecule has 2 amide bonds. The van der Waals surface area contributed by atoms with Crippen molar-refractivity contribution in [3.63, 3.8) is 0 Å². The summed E-state index contributed by atoms with van der Waals surface area (Å²) >= 11 is 0. The number of unbranched alkanes of at least 4 members (excludes halogenated alkanes) is 2. The summed E-state index contributed by atoms with van der Waals surface area (Å²) in [6, 6.07) is -0.566. The van der Waals surface area contributed by atoms with Crippen molar-refractivity contribution in [2.45, 2.75) is 83.8 Å². The first kappa shape index (κ1) is 24.6. The molecule has 2 aliphatic rings. The Labute approximate surface area is 178 Å². The van der Waals surface area contributed by atoms with Crippen molar-refractivity contribution in [2.24, 2.45) is 5.92 Å². The molecule has 0 aromatic heterocycles. The zero-order valence-electron chi connectivity index (χ0n) is 18.5. The minimum Gasteiger partial charge on any atom is -0.460 e. The molecular weight excluding hydrogens is 392 g/mol. The standard InChI is InChI=1S/C21H36N2O7/c1-5-6-10-22-17(26)9-7-8-11-27-12-21-13-28-20(30-21)18(23-15(3)24)19(14(21)2)29-16(4)25/h14,18-20H,5-13H2,1-4H3,(H,22,26)(H,23,24)/t14-,18-,19+,20+,21+/m1/s1. The Kier molecular flexibility index (Phi) is 9.51. The predicted molar refractivity (Wildman–Crippen MR) is 108 cm³/mol. The molecular formula is C21H36N2O7. The topological polar surface area (TPSA) is 112 Å². The van der Waals surface area contributed by atoms with Gasteiger partial charge in [0.25, 0.3) is 0 Å². The van der Waals surface area contributed by atoms with E-state index < -0.39 is 30.0 Å². The van der Waals surface area contributed by atoms with Crippen molar-refractivity contribution in [3.05, 3.63) is 0 Å². The lowest BCUT2D eigenvalue weighted by atomic mass is 9.81. The summed E-state index contributed by atoms with van der Waals surface area (Å²) in [5.74, 6) is -0.824. The van der Waals surface area contributed by atoms with E-state index in [-0.39, 0.29) is 24.3 Å². The van der Waals surface area contributed by atoms with Crippen molar-refractivity contribution in [2.75, 3.05) is 26.4 Å². The Balaban J connectivity index is 1.81. The number of ether oxygens (including phenoxy) is 4. The van der Waals surface area contributed by atoms with E-state index in [1.165, 1.54) is 13.8 Å². The van der Waals surface area contributed by atoms with Crippen LogP contribution < -0.4 is 10.6 Å². The van der Waals surface area contributed by atoms with Crippen LogP contribution in [0.5, 0.6) is 0 Å². The number of rotatable bonds is 12. The zero-order valence-corrected chi connectivity index (χ0v) is 18.5. The normalized spacial score (nSPS) is 30.0. The van der Waals surface area contributed by atoms with Gasteiger partial charge in [-0.2, -0.15) is 0 Å². The van der Waals surface area contributed by atoms with E-state index in [0.29, 0.717) is 19.6 Å². The van der Waals surface area contributed by atoms with Gasteiger partial charge in [-0.3, -0.25) is 14.4 Å². The Bertz CT molecular complexity index is 600. The molecule has 2 aliphatic heterocycles. The summed E-state index contributed by atoms with van der Waals surface area (Å²) in [6.07, 6.45) is 2.80. The Morgan fingerprint density at radius 1 is 1.17 bits per heavy atom. The first-order valence-electron chi connectivity index (χ1n) is 10.9. The number of carbonyl (C=O) groups excluding carboxylic acids is 3. The minimum atomic E-state index is -0.739. The van der Waals surface area contributed by atoms with Gasteiger partial charge in [0.1, 0.15) is 17.7 Å². The molecule has 2 heterocycles. The minimum absolute atomic E-state index is 0.0755. The first-order valence-corrected chi connectivity index (χ1v) is 10.9. The van der Waals surface area contributed by atoms with E-state index >= 15 is 0 Å². The van der Waals surface area contributed by atoms with Crippen LogP contribution in [0.25, 0.3) is 0 Å². The number of hydrogen-bond acceptors (Lipinski definition) is 7. The lowest BCUT2D eigenvalue weighted by molar-refractivity contribution is -0.222. The van der Waals surface area contributed by atoms with Gasteiger partial charge in [-0.25, -0.2) is 0 Å². The second-order valence-corrected chi connectivity index (χ2v) is 8.16. The van der Waals surface area contributed by atoms with Gasteiger partial charge >= 0.3 is 5.97 Å². The number of esters is 1. The number of nitrogens with one attached hydrogen (secondary N) is 2. The second-order valence-electron chi connectivity index (χ2n) is 8.16. The van der Waals surface area contributed by atoms with Crippen LogP contribution in [0.1, 0.15) is 59.8 Å². The SMILES string of the molecule is CCCCNC(=O)CCCCOC[C@@]12CO[C@@H](O1)[C@H](NC(C)=O)[C@@H](OC(C)=O)[C@H]2C. The Hall–Kier alpha value is -1.71. The van der Waals surface area contributed by atoms with Crippen molar-refractivity contribution < 1.29 is 33.3 Å². The molecule has 30 heavy (non-hydrogen) atoms. The molecule has 172 valence electrons. The Morgan fingerprint density at radius 2 is 1.93 bits per heavy atom. The highest BCUT2D eigenvalue weighted by atomic mass is 16.7. The van der Waals surface area contributed by atoms with E-state index in [9.17, 15) is 14.4 Å². The average molecular weight is 429 g/mol. The van der Waals surface area contributed by atoms with Gasteiger partial charge in [0.15, 0.2) is 6.29 Å². The third-order valence-corrected chi connectivity index (χ3v) is 5.63. The van der Waals surface area contributed by atoms with Crippen LogP contribution in [0.3, 0.4) is 0 Å². The van der Waals surface area contributed by atoms with E-state index in [1.54, 1.807) is 0 Å². The molecule has 9 heteroatoms. The molecule has 0 aliphatic carbocycles. The second kappa shape index (κ2) is 11.6. The molecule has 5 atom stereocenters. The zero-order chi connectivity index (χ0) is 22.1. The van der Waals surface area contributed by atoms with Crippen molar-refractivity contribution in [1.82, 2.24) is 10.6 Å². The van der Waals surface area contributed by atoms with Crippen LogP contribution in [0.4, 0.5) is 0 Å². The summed E-state index contributed by atoms with van der Waals surface area (Å²) < 4.78 is 23.2. The van der Waals surface area contributed by atoms with Crippen LogP contribution in [0.15, 0.2) is 0 Å². The summed E-state index contributed by atoms with van der Waals surface area (Å²) in [4.78, 5) is 34.9. The van der Waals surface area contributed by atoms with Crippen molar-refractivity contribution in [1.29, 1.82) is 0 Å². The molecule has 0 spiro atoms. The number of carbonyl (C=O) groups is 3. The number of hydrogen-bond donors (Lipinski definition) is 2. The van der Waals surface area contributed by atoms with Crippen molar-refractivity contribution in [3.8, 4) is 0 Å². The van der Waals surface area contributed by atoms with E-state index in [2.05, 4.69) is 17.6 Å². The van der Waals surface area contributed by atoms with Crippen LogP contribution in [0, 0.1) is 5.92 Å². The molecule has 0 saturated carbocycles. The van der Waals surface area contributed by atoms with Crippen LogP contribution in [-0.4, -0.2) is 68.2 Å². The first-order chi connectivity index (χ1) is 14.3. The molecule has 2 saturated heterocycles. The van der Waals surface area contributed by atoms with Crippen LogP contribution in [-0.2, 0) is 33.3 Å². The van der Waals surface area contributed by atoms with E-state index in [1.807, 2.05) is 6.92 Å². The van der Waals surface area contributed by atoms with Gasteiger partial charge < -0.3 is 29.6 Å². The molecule has 2 rings (SSSR count). The monoisotopic (exact) mass is 428 g/mol. The third-order valence-electron chi connectivity index (χ3n) is 5.63. The maximum absolute atomic E-state index is 11.7. The fourth-order valence-electron chi connectivity index (χ4n) is 3.89. The molecule has 2 N–H and O–H groups in total. The van der Waals surface area contributed by atoms with Crippen LogP contribution in [0.2, 0.25) is 0 Å². The summed E-state index contributed by atoms with van der Waals surface area (Å²) in [5, 5.41) is 5.68. The third kappa shape index (κ3) is 6.65. The van der Waals surface area contributed by atoms with Crippen molar-refractivity contribution >= 4 is 17.8 Å². The maximum atomic E-state index is 11.7. The maximum Gasteiger partial charge on any atom is 0.302 e. The van der Waals surface area contributed by atoms with Crippen LogP contribution >= 0.6 is 0 Å². The molecule has 9 nitrogen and oxygen atoms in total. The van der Waals surface area contributed by atoms with Gasteiger partial charge in [-0.15, -0.1) is 0 Å². The van der Waals surface area contributed by atoms with Gasteiger partial charge in [0.05, 0.1) is 13.2 Å². The fourth-order valence-corrected chi connectivity index (χ4v) is 3.89. The summed E-state index contributed by atoms with van der Waals surface area (Å²) in [5.41, 5.74) is -0.739. The number of fused-ring (bicyclic) bond motifs is 2. The van der Waals surface area contributed by atoms with Gasteiger partial charge in [0.2, 0.25) is 11.8 Å². The number of amides is 2. The fraction of sp³-hybridized carbons (Fsp3) is 0.857. The summed E-state index contributed by atoms with van der Waals surface area (Å²) in [7, 11) is 0. The molecule has 0 radical (unpaired) electrons. The van der Waals surface area contributed by atoms with E-state index in [4.69, 9.17) is 18.9 Å². The highest BCUT2D eigenvalue weighted by Crippen LogP contribution is 2.42. The van der Waals surface area contributed by atoms with E-state index in [0.717, 1.165) is 32.2 Å². The van der Waals surface area contributed by atoms with Gasteiger partial charge in [-0.1, -0.05) is 20.3 Å². The lowest BCUT2D eigenvalue weighted by Crippen LogP contribution is -2.63. The molecule has 0 unspecified atom stereocenters. The van der Waals surface area contributed by atoms with Gasteiger partial charge in [0, 0.05) is 39.3 Å². The van der Waals surface area contributed by atoms with Gasteiger partial charge in [-0.05, 0) is 19.3 Å². The molecule has 2 fully saturated rings. The summed E-state index contributed by atoms with van der Waals surface area (Å²) in [6.45, 7) is 8.57. The molecule has 0 aromatic rings. The molecule has 0 aromatic carbocycles.